The number of sulfonamides is 1. The summed E-state index contributed by atoms with van der Waals surface area (Å²) in [6, 6.07) is 7.20. The van der Waals surface area contributed by atoms with Crippen molar-refractivity contribution in [1.82, 2.24) is 4.31 Å². The van der Waals surface area contributed by atoms with Crippen LogP contribution in [-0.4, -0.2) is 30.3 Å². The number of nitrogens with zero attached hydrogens (tertiary/aromatic N) is 1. The Balaban J connectivity index is 2.20. The van der Waals surface area contributed by atoms with Crippen LogP contribution in [0.15, 0.2) is 24.3 Å². The highest BCUT2D eigenvalue weighted by Crippen LogP contribution is 2.27. The maximum atomic E-state index is 12.5. The molecule has 2 unspecified atom stereocenters. The van der Waals surface area contributed by atoms with E-state index in [-0.39, 0.29) is 16.8 Å². The van der Waals surface area contributed by atoms with Gasteiger partial charge in [0.2, 0.25) is 10.0 Å². The van der Waals surface area contributed by atoms with Gasteiger partial charge in [0.1, 0.15) is 4.99 Å². The van der Waals surface area contributed by atoms with Crippen LogP contribution in [-0.2, 0) is 15.8 Å². The average molecular weight is 312 g/mol. The summed E-state index contributed by atoms with van der Waals surface area (Å²) >= 11 is 4.92. The lowest BCUT2D eigenvalue weighted by molar-refractivity contribution is 0.405. The lowest BCUT2D eigenvalue weighted by Crippen LogP contribution is -2.34. The molecule has 2 N–H and O–H groups in total. The van der Waals surface area contributed by atoms with E-state index in [9.17, 15) is 8.42 Å². The minimum Gasteiger partial charge on any atom is -0.389 e. The van der Waals surface area contributed by atoms with Gasteiger partial charge in [0.25, 0.3) is 0 Å². The molecule has 0 aromatic heterocycles. The largest absolute Gasteiger partial charge is 0.389 e. The van der Waals surface area contributed by atoms with Crippen molar-refractivity contribution >= 4 is 27.2 Å². The monoisotopic (exact) mass is 312 g/mol. The standard InChI is InChI=1S/C14H20N2O2S2/c1-10-6-11(2)16(8-10)20(17,18)9-12-4-3-5-13(7-12)14(15)19/h3-5,7,10-11H,6,8-9H2,1-2H3,(H2,15,19). The quantitative estimate of drug-likeness (QED) is 0.862. The Morgan fingerprint density at radius 2 is 2.15 bits per heavy atom. The summed E-state index contributed by atoms with van der Waals surface area (Å²) in [5.41, 5.74) is 7.01. The zero-order valence-corrected chi connectivity index (χ0v) is 13.4. The molecule has 0 bridgehead atoms. The summed E-state index contributed by atoms with van der Waals surface area (Å²) in [4.78, 5) is 0.285. The van der Waals surface area contributed by atoms with E-state index in [1.54, 1.807) is 28.6 Å². The van der Waals surface area contributed by atoms with Crippen LogP contribution < -0.4 is 5.73 Å². The highest BCUT2D eigenvalue weighted by Gasteiger charge is 2.34. The first kappa shape index (κ1) is 15.4. The van der Waals surface area contributed by atoms with E-state index in [0.717, 1.165) is 12.0 Å². The Morgan fingerprint density at radius 1 is 1.45 bits per heavy atom. The van der Waals surface area contributed by atoms with Gasteiger partial charge in [0.05, 0.1) is 5.75 Å². The molecule has 1 aliphatic heterocycles. The molecule has 6 heteroatoms. The van der Waals surface area contributed by atoms with Gasteiger partial charge in [-0.25, -0.2) is 8.42 Å². The Bertz CT molecular complexity index is 613. The third-order valence-corrected chi connectivity index (χ3v) is 5.80. The molecule has 0 spiro atoms. The lowest BCUT2D eigenvalue weighted by atomic mass is 10.1. The summed E-state index contributed by atoms with van der Waals surface area (Å²) in [7, 11) is -3.29. The number of hydrogen-bond donors (Lipinski definition) is 1. The summed E-state index contributed by atoms with van der Waals surface area (Å²) in [5, 5.41) is 0. The molecular weight excluding hydrogens is 292 g/mol. The van der Waals surface area contributed by atoms with Crippen molar-refractivity contribution < 1.29 is 8.42 Å². The van der Waals surface area contributed by atoms with Crippen molar-refractivity contribution in [3.8, 4) is 0 Å². The van der Waals surface area contributed by atoms with Crippen LogP contribution in [0.2, 0.25) is 0 Å². The summed E-state index contributed by atoms with van der Waals surface area (Å²) in [6.07, 6.45) is 0.923. The highest BCUT2D eigenvalue weighted by molar-refractivity contribution is 7.88. The summed E-state index contributed by atoms with van der Waals surface area (Å²) in [5.74, 6) is 0.420. The van der Waals surface area contributed by atoms with Crippen molar-refractivity contribution in [3.63, 3.8) is 0 Å². The molecule has 0 amide bonds. The first-order valence-corrected chi connectivity index (χ1v) is 8.69. The Morgan fingerprint density at radius 3 is 2.70 bits per heavy atom. The van der Waals surface area contributed by atoms with Gasteiger partial charge >= 0.3 is 0 Å². The highest BCUT2D eigenvalue weighted by atomic mass is 32.2. The van der Waals surface area contributed by atoms with Crippen molar-refractivity contribution in [3.05, 3.63) is 35.4 Å². The minimum atomic E-state index is -3.29. The second kappa shape index (κ2) is 5.79. The van der Waals surface area contributed by atoms with Crippen molar-refractivity contribution in [2.24, 2.45) is 11.7 Å². The molecule has 1 fully saturated rings. The van der Waals surface area contributed by atoms with E-state index >= 15 is 0 Å². The van der Waals surface area contributed by atoms with E-state index in [1.165, 1.54) is 0 Å². The average Bonchev–Trinajstić information content (AvgIpc) is 2.69. The molecule has 20 heavy (non-hydrogen) atoms. The second-order valence-corrected chi connectivity index (χ2v) is 7.94. The van der Waals surface area contributed by atoms with E-state index in [2.05, 4.69) is 6.92 Å². The fraction of sp³-hybridized carbons (Fsp3) is 0.500. The molecule has 0 radical (unpaired) electrons. The first-order chi connectivity index (χ1) is 9.29. The molecule has 1 aromatic carbocycles. The van der Waals surface area contributed by atoms with E-state index in [0.29, 0.717) is 18.0 Å². The van der Waals surface area contributed by atoms with Gasteiger partial charge < -0.3 is 5.73 Å². The van der Waals surface area contributed by atoms with Crippen molar-refractivity contribution in [1.29, 1.82) is 0 Å². The number of nitrogens with two attached hydrogens (primary N) is 1. The number of rotatable bonds is 4. The van der Waals surface area contributed by atoms with E-state index in [1.807, 2.05) is 6.92 Å². The number of hydrogen-bond acceptors (Lipinski definition) is 3. The van der Waals surface area contributed by atoms with Crippen LogP contribution in [0.3, 0.4) is 0 Å². The zero-order valence-electron chi connectivity index (χ0n) is 11.7. The smallest absolute Gasteiger partial charge is 0.218 e. The van der Waals surface area contributed by atoms with Gasteiger partial charge in [-0.15, -0.1) is 0 Å². The molecule has 1 aromatic rings. The van der Waals surface area contributed by atoms with Crippen LogP contribution in [0.5, 0.6) is 0 Å². The van der Waals surface area contributed by atoms with Crippen molar-refractivity contribution in [2.75, 3.05) is 6.54 Å². The van der Waals surface area contributed by atoms with E-state index in [4.69, 9.17) is 18.0 Å². The molecule has 4 nitrogen and oxygen atoms in total. The maximum absolute atomic E-state index is 12.5. The zero-order chi connectivity index (χ0) is 14.9. The van der Waals surface area contributed by atoms with Gasteiger partial charge in [-0.05, 0) is 30.9 Å². The molecular formula is C14H20N2O2S2. The minimum absolute atomic E-state index is 0.000509. The molecule has 2 atom stereocenters. The Kier molecular flexibility index (Phi) is 4.46. The van der Waals surface area contributed by atoms with Crippen LogP contribution >= 0.6 is 12.2 Å². The Hall–Kier alpha value is -0.980. The molecule has 110 valence electrons. The molecule has 0 aliphatic carbocycles. The van der Waals surface area contributed by atoms with Gasteiger partial charge in [0, 0.05) is 18.2 Å². The SMILES string of the molecule is CC1CC(C)N(S(=O)(=O)Cc2cccc(C(N)=S)c2)C1. The van der Waals surface area contributed by atoms with Crippen LogP contribution in [0, 0.1) is 5.92 Å². The Labute approximate surface area is 126 Å². The van der Waals surface area contributed by atoms with Gasteiger partial charge in [-0.3, -0.25) is 0 Å². The summed E-state index contributed by atoms with van der Waals surface area (Å²) < 4.78 is 26.6. The first-order valence-electron chi connectivity index (χ1n) is 6.68. The maximum Gasteiger partial charge on any atom is 0.218 e. The predicted molar refractivity (Wildman–Crippen MR) is 84.9 cm³/mol. The topological polar surface area (TPSA) is 63.4 Å². The molecule has 1 heterocycles. The van der Waals surface area contributed by atoms with Crippen molar-refractivity contribution in [2.45, 2.75) is 32.1 Å². The van der Waals surface area contributed by atoms with Gasteiger partial charge in [0.15, 0.2) is 0 Å². The molecule has 0 saturated carbocycles. The second-order valence-electron chi connectivity index (χ2n) is 5.58. The van der Waals surface area contributed by atoms with E-state index < -0.39 is 10.0 Å². The normalized spacial score (nSPS) is 23.9. The van der Waals surface area contributed by atoms with Crippen LogP contribution in [0.4, 0.5) is 0 Å². The third kappa shape index (κ3) is 3.37. The number of benzene rings is 1. The summed E-state index contributed by atoms with van der Waals surface area (Å²) in [6.45, 7) is 4.66. The fourth-order valence-corrected chi connectivity index (χ4v) is 4.77. The molecule has 1 aliphatic rings. The molecule has 1 saturated heterocycles. The predicted octanol–water partition coefficient (Wildman–Crippen LogP) is 1.88. The lowest BCUT2D eigenvalue weighted by Gasteiger charge is -2.21. The van der Waals surface area contributed by atoms with Gasteiger partial charge in [-0.1, -0.05) is 37.3 Å². The van der Waals surface area contributed by atoms with Gasteiger partial charge in [-0.2, -0.15) is 4.31 Å². The fourth-order valence-electron chi connectivity index (χ4n) is 2.76. The number of thiocarbonyl (C=S) groups is 1. The molecule has 2 rings (SSSR count). The van der Waals surface area contributed by atoms with Crippen LogP contribution in [0.1, 0.15) is 31.4 Å². The third-order valence-electron chi connectivity index (χ3n) is 3.64. The van der Waals surface area contributed by atoms with Crippen LogP contribution in [0.25, 0.3) is 0 Å².